The van der Waals surface area contributed by atoms with E-state index >= 15 is 0 Å². The highest BCUT2D eigenvalue weighted by atomic mass is 35.5. The summed E-state index contributed by atoms with van der Waals surface area (Å²) in [5.74, 6) is -2.22. The minimum Gasteiger partial charge on any atom is -0.358 e. The fourth-order valence-electron chi connectivity index (χ4n) is 2.56. The number of nitro groups is 2. The Morgan fingerprint density at radius 3 is 2.60 bits per heavy atom. The van der Waals surface area contributed by atoms with Gasteiger partial charge in [0.05, 0.1) is 16.6 Å². The van der Waals surface area contributed by atoms with Gasteiger partial charge in [0, 0.05) is 5.02 Å². The van der Waals surface area contributed by atoms with E-state index in [0.717, 1.165) is 10.7 Å². The van der Waals surface area contributed by atoms with Crippen LogP contribution in [0.5, 0.6) is 0 Å². The Bertz CT molecular complexity index is 1160. The van der Waals surface area contributed by atoms with E-state index in [2.05, 4.69) is 20.5 Å². The lowest BCUT2D eigenvalue weighted by atomic mass is 10.2. The molecule has 0 aliphatic carbocycles. The molecule has 156 valence electrons. The quantitative estimate of drug-likeness (QED) is 0.432. The van der Waals surface area contributed by atoms with Gasteiger partial charge in [-0.3, -0.25) is 20.2 Å². The van der Waals surface area contributed by atoms with Gasteiger partial charge in [0.25, 0.3) is 5.91 Å². The maximum Gasteiger partial charge on any atom is 0.468 e. The lowest BCUT2D eigenvalue weighted by Gasteiger charge is -2.04. The second kappa shape index (κ2) is 8.20. The Hall–Kier alpha value is -3.94. The third kappa shape index (κ3) is 4.38. The maximum atomic E-state index is 13.1. The zero-order valence-corrected chi connectivity index (χ0v) is 15.9. The van der Waals surface area contributed by atoms with E-state index in [9.17, 15) is 29.4 Å². The summed E-state index contributed by atoms with van der Waals surface area (Å²) in [6, 6.07) is 3.88. The second-order valence-corrected chi connectivity index (χ2v) is 6.39. The summed E-state index contributed by atoms with van der Waals surface area (Å²) in [7, 11) is 0. The van der Waals surface area contributed by atoms with Crippen LogP contribution in [0.2, 0.25) is 5.02 Å². The summed E-state index contributed by atoms with van der Waals surface area (Å²) in [6.07, 6.45) is 1.31. The Morgan fingerprint density at radius 1 is 1.27 bits per heavy atom. The van der Waals surface area contributed by atoms with Crippen molar-refractivity contribution in [3.63, 3.8) is 0 Å². The van der Waals surface area contributed by atoms with Crippen LogP contribution in [-0.4, -0.2) is 40.3 Å². The molecule has 0 fully saturated rings. The number of rotatable bonds is 7. The molecule has 30 heavy (non-hydrogen) atoms. The van der Waals surface area contributed by atoms with Crippen molar-refractivity contribution in [3.8, 4) is 0 Å². The van der Waals surface area contributed by atoms with Gasteiger partial charge in [-0.1, -0.05) is 17.7 Å². The van der Waals surface area contributed by atoms with Crippen molar-refractivity contribution in [2.45, 2.75) is 20.0 Å². The number of benzene rings is 1. The normalized spacial score (nSPS) is 10.8. The van der Waals surface area contributed by atoms with E-state index < -0.39 is 39.6 Å². The van der Waals surface area contributed by atoms with Crippen LogP contribution in [0.3, 0.4) is 0 Å². The smallest absolute Gasteiger partial charge is 0.358 e. The third-order valence-electron chi connectivity index (χ3n) is 3.94. The van der Waals surface area contributed by atoms with Crippen molar-refractivity contribution in [2.75, 3.05) is 5.32 Å². The molecule has 1 N–H and O–H groups in total. The van der Waals surface area contributed by atoms with Gasteiger partial charge in [0.1, 0.15) is 24.4 Å². The molecule has 0 unspecified atom stereocenters. The summed E-state index contributed by atoms with van der Waals surface area (Å²) in [6.45, 7) is 0.877. The predicted octanol–water partition coefficient (Wildman–Crippen LogP) is 2.08. The molecule has 13 nitrogen and oxygen atoms in total. The average Bonchev–Trinajstić information content (AvgIpc) is 3.22. The second-order valence-electron chi connectivity index (χ2n) is 5.98. The third-order valence-corrected chi connectivity index (χ3v) is 4.29. The van der Waals surface area contributed by atoms with Gasteiger partial charge in [-0.15, -0.1) is 5.10 Å². The summed E-state index contributed by atoms with van der Waals surface area (Å²) in [5.41, 5.74) is -0.356. The van der Waals surface area contributed by atoms with E-state index in [4.69, 9.17) is 11.6 Å². The van der Waals surface area contributed by atoms with Gasteiger partial charge in [-0.25, -0.2) is 14.1 Å². The molecule has 15 heteroatoms. The zero-order valence-electron chi connectivity index (χ0n) is 15.2. The van der Waals surface area contributed by atoms with Gasteiger partial charge in [-0.2, -0.15) is 4.68 Å². The first-order valence-electron chi connectivity index (χ1n) is 8.15. The van der Waals surface area contributed by atoms with Gasteiger partial charge >= 0.3 is 11.5 Å². The molecule has 1 aromatic carbocycles. The summed E-state index contributed by atoms with van der Waals surface area (Å²) >= 11 is 5.96. The van der Waals surface area contributed by atoms with Crippen molar-refractivity contribution < 1.29 is 19.0 Å². The molecule has 3 aromatic rings. The number of nitrogens with one attached hydrogen (secondary N) is 1. The van der Waals surface area contributed by atoms with E-state index in [-0.39, 0.29) is 23.2 Å². The molecule has 1 amide bonds. The van der Waals surface area contributed by atoms with E-state index in [0.29, 0.717) is 5.56 Å². The highest BCUT2D eigenvalue weighted by molar-refractivity contribution is 6.31. The fourth-order valence-corrected chi connectivity index (χ4v) is 2.79. The summed E-state index contributed by atoms with van der Waals surface area (Å²) in [4.78, 5) is 36.1. The maximum absolute atomic E-state index is 13.1. The molecule has 0 aliphatic rings. The molecule has 0 bridgehead atoms. The highest BCUT2D eigenvalue weighted by Gasteiger charge is 2.35. The Kier molecular flexibility index (Phi) is 5.68. The SMILES string of the molecule is Cc1c([N+](=O)[O-])c([N+](=O)[O-])nn1CC(=O)Nc1ncn(Cc2ccc(F)cc2Cl)n1. The molecule has 0 aliphatic heterocycles. The van der Waals surface area contributed by atoms with Crippen LogP contribution in [0, 0.1) is 33.0 Å². The van der Waals surface area contributed by atoms with Crippen molar-refractivity contribution in [2.24, 2.45) is 0 Å². The molecule has 0 saturated carbocycles. The first-order chi connectivity index (χ1) is 14.2. The van der Waals surface area contributed by atoms with Crippen LogP contribution < -0.4 is 5.32 Å². The molecule has 3 rings (SSSR count). The van der Waals surface area contributed by atoms with Crippen molar-refractivity contribution in [1.29, 1.82) is 0 Å². The number of carbonyl (C=O) groups excluding carboxylic acids is 1. The first-order valence-corrected chi connectivity index (χ1v) is 8.53. The summed E-state index contributed by atoms with van der Waals surface area (Å²) < 4.78 is 15.3. The van der Waals surface area contributed by atoms with E-state index in [1.165, 1.54) is 30.1 Å². The molecule has 2 aromatic heterocycles. The van der Waals surface area contributed by atoms with Gasteiger partial charge in [-0.05, 0) is 29.5 Å². The number of nitrogens with zero attached hydrogens (tertiary/aromatic N) is 7. The van der Waals surface area contributed by atoms with Gasteiger partial charge in [0.2, 0.25) is 5.95 Å². The monoisotopic (exact) mass is 438 g/mol. The predicted molar refractivity (Wildman–Crippen MR) is 99.4 cm³/mol. The lowest BCUT2D eigenvalue weighted by Crippen LogP contribution is -2.21. The Morgan fingerprint density at radius 2 is 2.00 bits per heavy atom. The number of hydrogen-bond acceptors (Lipinski definition) is 8. The first kappa shape index (κ1) is 20.8. The lowest BCUT2D eigenvalue weighted by molar-refractivity contribution is -0.424. The minimum atomic E-state index is -0.997. The number of amides is 1. The number of carbonyl (C=O) groups is 1. The van der Waals surface area contributed by atoms with Crippen molar-refractivity contribution in [1.82, 2.24) is 24.5 Å². The van der Waals surface area contributed by atoms with Crippen LogP contribution in [-0.2, 0) is 17.9 Å². The van der Waals surface area contributed by atoms with Gasteiger partial charge < -0.3 is 10.1 Å². The molecule has 0 spiro atoms. The average molecular weight is 439 g/mol. The highest BCUT2D eigenvalue weighted by Crippen LogP contribution is 2.29. The van der Waals surface area contributed by atoms with E-state index in [1.807, 2.05) is 0 Å². The number of anilines is 1. The van der Waals surface area contributed by atoms with Crippen LogP contribution in [0.1, 0.15) is 11.3 Å². The summed E-state index contributed by atoms with van der Waals surface area (Å²) in [5, 5.41) is 32.1. The van der Waals surface area contributed by atoms with Crippen LogP contribution in [0.4, 0.5) is 21.8 Å². The van der Waals surface area contributed by atoms with Crippen LogP contribution >= 0.6 is 11.6 Å². The molecular formula is C15H12ClFN8O5. The molecule has 0 radical (unpaired) electrons. The number of aromatic nitrogens is 5. The zero-order chi connectivity index (χ0) is 22.0. The van der Waals surface area contributed by atoms with Crippen LogP contribution in [0.15, 0.2) is 24.5 Å². The Labute approximate surface area is 171 Å². The topological polar surface area (TPSA) is 164 Å². The number of halogens is 2. The Balaban J connectivity index is 1.70. The molecular weight excluding hydrogens is 427 g/mol. The molecule has 0 atom stereocenters. The molecule has 2 heterocycles. The number of hydrogen-bond donors (Lipinski definition) is 1. The largest absolute Gasteiger partial charge is 0.468 e. The molecule has 0 saturated heterocycles. The van der Waals surface area contributed by atoms with Crippen molar-refractivity contribution in [3.05, 3.63) is 66.9 Å². The fraction of sp³-hybridized carbons (Fsp3) is 0.200. The van der Waals surface area contributed by atoms with Crippen LogP contribution in [0.25, 0.3) is 0 Å². The standard InChI is InChI=1S/C15H12ClFN8O5/c1-8-13(24(27)28)14(25(29)30)20-23(8)6-12(26)19-15-18-7-22(21-15)5-9-2-3-10(17)4-11(9)16/h2-4,7H,5-6H2,1H3,(H,19,21,26). The van der Waals surface area contributed by atoms with Gasteiger partial charge in [0.15, 0.2) is 0 Å². The van der Waals surface area contributed by atoms with E-state index in [1.54, 1.807) is 0 Å². The van der Waals surface area contributed by atoms with Crippen molar-refractivity contribution >= 4 is 35.0 Å². The minimum absolute atomic E-state index is 0.0768.